The van der Waals surface area contributed by atoms with Crippen LogP contribution in [0.1, 0.15) is 31.9 Å². The minimum Gasteiger partial charge on any atom is -0.468 e. The highest BCUT2D eigenvalue weighted by Gasteiger charge is 2.39. The number of nitrogens with zero attached hydrogens (tertiary/aromatic N) is 2. The number of esters is 1. The van der Waals surface area contributed by atoms with E-state index in [4.69, 9.17) is 4.74 Å². The third kappa shape index (κ3) is 3.10. The molecule has 5 heteroatoms. The Labute approximate surface area is 108 Å². The second kappa shape index (κ2) is 5.10. The van der Waals surface area contributed by atoms with Crippen molar-refractivity contribution in [3.8, 4) is 0 Å². The van der Waals surface area contributed by atoms with Crippen LogP contribution in [0.25, 0.3) is 0 Å². The highest BCUT2D eigenvalue weighted by molar-refractivity contribution is 5.80. The summed E-state index contributed by atoms with van der Waals surface area (Å²) in [7, 11) is 1.44. The van der Waals surface area contributed by atoms with Gasteiger partial charge in [0.25, 0.3) is 0 Å². The number of hydrogen-bond acceptors (Lipinski definition) is 4. The number of carbonyl (C=O) groups excluding carboxylic acids is 1. The Morgan fingerprint density at radius 1 is 1.67 bits per heavy atom. The zero-order valence-corrected chi connectivity index (χ0v) is 11.3. The summed E-state index contributed by atoms with van der Waals surface area (Å²) in [5.74, 6) is -0.196. The summed E-state index contributed by atoms with van der Waals surface area (Å²) in [6, 6.07) is 2.43. The zero-order valence-electron chi connectivity index (χ0n) is 11.3. The van der Waals surface area contributed by atoms with E-state index in [9.17, 15) is 4.79 Å². The van der Waals surface area contributed by atoms with Gasteiger partial charge in [0.15, 0.2) is 0 Å². The Bertz CT molecular complexity index is 426. The highest BCUT2D eigenvalue weighted by Crippen LogP contribution is 2.25. The largest absolute Gasteiger partial charge is 0.468 e. The maximum absolute atomic E-state index is 11.9. The van der Waals surface area contributed by atoms with Crippen molar-refractivity contribution in [3.05, 3.63) is 18.0 Å². The molecule has 0 aliphatic heterocycles. The van der Waals surface area contributed by atoms with Gasteiger partial charge in [0.2, 0.25) is 0 Å². The van der Waals surface area contributed by atoms with Crippen molar-refractivity contribution >= 4 is 5.97 Å². The number of aromatic nitrogens is 2. The van der Waals surface area contributed by atoms with E-state index < -0.39 is 5.54 Å². The molecule has 1 aromatic rings. The Morgan fingerprint density at radius 2 is 2.39 bits per heavy atom. The lowest BCUT2D eigenvalue weighted by atomic mass is 9.97. The van der Waals surface area contributed by atoms with Gasteiger partial charge >= 0.3 is 5.97 Å². The van der Waals surface area contributed by atoms with Crippen LogP contribution >= 0.6 is 0 Å². The van der Waals surface area contributed by atoms with Gasteiger partial charge in [0.05, 0.1) is 12.8 Å². The Balaban J connectivity index is 1.97. The van der Waals surface area contributed by atoms with Crippen LogP contribution in [-0.2, 0) is 16.1 Å². The molecule has 0 aromatic carbocycles. The summed E-state index contributed by atoms with van der Waals surface area (Å²) in [5, 5.41) is 7.71. The first-order chi connectivity index (χ1) is 8.53. The average molecular weight is 251 g/mol. The molecule has 1 aliphatic rings. The predicted octanol–water partition coefficient (Wildman–Crippen LogP) is 1.27. The Kier molecular flexibility index (Phi) is 3.71. The van der Waals surface area contributed by atoms with Crippen LogP contribution in [0.4, 0.5) is 0 Å². The van der Waals surface area contributed by atoms with Crippen LogP contribution in [0.3, 0.4) is 0 Å². The molecule has 1 fully saturated rings. The third-order valence-electron chi connectivity index (χ3n) is 3.35. The Hall–Kier alpha value is -1.36. The second-order valence-electron chi connectivity index (χ2n) is 5.21. The van der Waals surface area contributed by atoms with Crippen molar-refractivity contribution in [2.75, 3.05) is 7.11 Å². The molecule has 0 bridgehead atoms. The monoisotopic (exact) mass is 251 g/mol. The van der Waals surface area contributed by atoms with Gasteiger partial charge in [-0.25, -0.2) is 0 Å². The fourth-order valence-electron chi connectivity index (χ4n) is 2.06. The van der Waals surface area contributed by atoms with Gasteiger partial charge in [-0.15, -0.1) is 0 Å². The quantitative estimate of drug-likeness (QED) is 0.773. The van der Waals surface area contributed by atoms with Crippen LogP contribution in [0, 0.1) is 6.92 Å². The minimum absolute atomic E-state index is 0.196. The number of methoxy groups -OCH3 is 1. The second-order valence-corrected chi connectivity index (χ2v) is 5.21. The molecule has 5 nitrogen and oxygen atoms in total. The van der Waals surface area contributed by atoms with Gasteiger partial charge in [-0.1, -0.05) is 0 Å². The molecule has 1 saturated carbocycles. The first-order valence-corrected chi connectivity index (χ1v) is 6.40. The number of aryl methyl sites for hydroxylation is 2. The van der Waals surface area contributed by atoms with E-state index >= 15 is 0 Å². The fourth-order valence-corrected chi connectivity index (χ4v) is 2.06. The third-order valence-corrected chi connectivity index (χ3v) is 3.35. The molecule has 0 amide bonds. The van der Waals surface area contributed by atoms with E-state index in [2.05, 4.69) is 10.4 Å². The summed E-state index contributed by atoms with van der Waals surface area (Å²) in [6.07, 6.45) is 4.91. The number of carbonyl (C=O) groups is 1. The van der Waals surface area contributed by atoms with Crippen molar-refractivity contribution in [2.45, 2.75) is 51.2 Å². The van der Waals surface area contributed by atoms with Crippen LogP contribution in [0.5, 0.6) is 0 Å². The van der Waals surface area contributed by atoms with E-state index in [-0.39, 0.29) is 5.97 Å². The standard InChI is InChI=1S/C13H21N3O2/c1-10-6-8-16(15-10)9-7-13(2,12(17)18-3)14-11-4-5-11/h6,8,11,14H,4-5,7,9H2,1-3H3. The lowest BCUT2D eigenvalue weighted by molar-refractivity contribution is -0.148. The molecule has 18 heavy (non-hydrogen) atoms. The van der Waals surface area contributed by atoms with Crippen LogP contribution in [-0.4, -0.2) is 34.4 Å². The number of nitrogens with one attached hydrogen (secondary N) is 1. The lowest BCUT2D eigenvalue weighted by Crippen LogP contribution is -2.51. The van der Waals surface area contributed by atoms with Crippen molar-refractivity contribution in [1.82, 2.24) is 15.1 Å². The van der Waals surface area contributed by atoms with Gasteiger partial charge in [-0.2, -0.15) is 5.10 Å². The van der Waals surface area contributed by atoms with E-state index in [0.29, 0.717) is 19.0 Å². The molecule has 100 valence electrons. The molecule has 1 aromatic heterocycles. The summed E-state index contributed by atoms with van der Waals surface area (Å²) in [4.78, 5) is 11.9. The first kappa shape index (κ1) is 13.1. The van der Waals surface area contributed by atoms with Gasteiger partial charge in [0, 0.05) is 18.8 Å². The molecule has 0 radical (unpaired) electrons. The molecule has 1 atom stereocenters. The summed E-state index contributed by atoms with van der Waals surface area (Å²) in [5.41, 5.74) is 0.375. The zero-order chi connectivity index (χ0) is 13.2. The molecule has 0 spiro atoms. The molecule has 1 aliphatic carbocycles. The normalized spacial score (nSPS) is 18.4. The van der Waals surface area contributed by atoms with Crippen molar-refractivity contribution in [1.29, 1.82) is 0 Å². The molecule has 1 unspecified atom stereocenters. The smallest absolute Gasteiger partial charge is 0.325 e. The molecule has 0 saturated heterocycles. The van der Waals surface area contributed by atoms with Crippen LogP contribution < -0.4 is 5.32 Å². The molecular weight excluding hydrogens is 230 g/mol. The van der Waals surface area contributed by atoms with Crippen molar-refractivity contribution < 1.29 is 9.53 Å². The molecule has 2 rings (SSSR count). The molecule has 1 heterocycles. The summed E-state index contributed by atoms with van der Waals surface area (Å²) >= 11 is 0. The van der Waals surface area contributed by atoms with E-state index in [1.807, 2.05) is 30.8 Å². The van der Waals surface area contributed by atoms with Crippen LogP contribution in [0.2, 0.25) is 0 Å². The van der Waals surface area contributed by atoms with Crippen molar-refractivity contribution in [2.24, 2.45) is 0 Å². The van der Waals surface area contributed by atoms with Crippen LogP contribution in [0.15, 0.2) is 12.3 Å². The maximum atomic E-state index is 11.9. The lowest BCUT2D eigenvalue weighted by Gasteiger charge is -2.28. The van der Waals surface area contributed by atoms with E-state index in [1.54, 1.807) is 0 Å². The topological polar surface area (TPSA) is 56.2 Å². The number of rotatable bonds is 6. The van der Waals surface area contributed by atoms with Gasteiger partial charge in [-0.05, 0) is 39.2 Å². The van der Waals surface area contributed by atoms with Gasteiger partial charge < -0.3 is 4.74 Å². The maximum Gasteiger partial charge on any atom is 0.325 e. The summed E-state index contributed by atoms with van der Waals surface area (Å²) < 4.78 is 6.77. The summed E-state index contributed by atoms with van der Waals surface area (Å²) in [6.45, 7) is 4.57. The van der Waals surface area contributed by atoms with E-state index in [0.717, 1.165) is 18.5 Å². The molecule has 1 N–H and O–H groups in total. The number of hydrogen-bond donors (Lipinski definition) is 1. The van der Waals surface area contributed by atoms with Gasteiger partial charge in [0.1, 0.15) is 5.54 Å². The molecular formula is C13H21N3O2. The average Bonchev–Trinajstić information content (AvgIpc) is 3.06. The Morgan fingerprint density at radius 3 is 2.89 bits per heavy atom. The van der Waals surface area contributed by atoms with Crippen molar-refractivity contribution in [3.63, 3.8) is 0 Å². The fraction of sp³-hybridized carbons (Fsp3) is 0.692. The first-order valence-electron chi connectivity index (χ1n) is 6.40. The minimum atomic E-state index is -0.615. The predicted molar refractivity (Wildman–Crippen MR) is 68.2 cm³/mol. The van der Waals surface area contributed by atoms with E-state index in [1.165, 1.54) is 7.11 Å². The highest BCUT2D eigenvalue weighted by atomic mass is 16.5. The SMILES string of the molecule is COC(=O)C(C)(CCn1ccc(C)n1)NC1CC1. The number of ether oxygens (including phenoxy) is 1. The van der Waals surface area contributed by atoms with Gasteiger partial charge in [-0.3, -0.25) is 14.8 Å².